The fourth-order valence-electron chi connectivity index (χ4n) is 5.06. The maximum atomic E-state index is 13.6. The Kier molecular flexibility index (Phi) is 12.4. The monoisotopic (exact) mass is 746 g/mol. The fraction of sp³-hybridized carbons (Fsp3) is 0.533. The highest BCUT2D eigenvalue weighted by atomic mass is 19.4. The molecule has 2 aliphatic heterocycles. The number of esters is 2. The summed E-state index contributed by atoms with van der Waals surface area (Å²) in [4.78, 5) is 25.2. The van der Waals surface area contributed by atoms with Crippen molar-refractivity contribution in [2.24, 2.45) is 0 Å². The first kappa shape index (κ1) is 40.0. The van der Waals surface area contributed by atoms with Crippen LogP contribution in [0.3, 0.4) is 0 Å². The van der Waals surface area contributed by atoms with Gasteiger partial charge in [0.15, 0.2) is 12.6 Å². The lowest BCUT2D eigenvalue weighted by Gasteiger charge is -2.44. The van der Waals surface area contributed by atoms with Gasteiger partial charge in [0.25, 0.3) is 0 Å². The second-order valence-electron chi connectivity index (χ2n) is 11.2. The molecule has 6 N–H and O–H groups in total. The van der Waals surface area contributed by atoms with Gasteiger partial charge in [-0.2, -0.15) is 26.3 Å². The van der Waals surface area contributed by atoms with Crippen LogP contribution in [0.1, 0.15) is 31.8 Å². The van der Waals surface area contributed by atoms with Crippen molar-refractivity contribution in [3.8, 4) is 11.5 Å². The van der Waals surface area contributed by atoms with E-state index in [4.69, 9.17) is 33.2 Å². The molecule has 21 heteroatoms. The average Bonchev–Trinajstić information content (AvgIpc) is 3.09. The number of ether oxygens (including phenoxy) is 7. The molecule has 0 radical (unpaired) electrons. The number of rotatable bonds is 10. The van der Waals surface area contributed by atoms with E-state index in [2.05, 4.69) is 0 Å². The van der Waals surface area contributed by atoms with Gasteiger partial charge in [-0.25, -0.2) is 9.59 Å². The number of hydrogen-bond donors (Lipinski definition) is 6. The highest BCUT2D eigenvalue weighted by Crippen LogP contribution is 2.37. The van der Waals surface area contributed by atoms with Crippen molar-refractivity contribution in [3.05, 3.63) is 58.7 Å². The highest BCUT2D eigenvalue weighted by molar-refractivity contribution is 5.92. The predicted octanol–water partition coefficient (Wildman–Crippen LogP) is 0.387. The van der Waals surface area contributed by atoms with Crippen molar-refractivity contribution in [1.82, 2.24) is 0 Å². The average molecular weight is 747 g/mol. The van der Waals surface area contributed by atoms with E-state index in [0.717, 1.165) is 38.5 Å². The molecule has 2 aliphatic rings. The maximum Gasteiger partial charge on any atom is 0.417 e. The van der Waals surface area contributed by atoms with Crippen molar-refractivity contribution >= 4 is 11.9 Å². The summed E-state index contributed by atoms with van der Waals surface area (Å²) in [6.07, 6.45) is -30.4. The van der Waals surface area contributed by atoms with Crippen LogP contribution in [0.4, 0.5) is 26.3 Å². The number of aliphatic hydroxyl groups excluding tert-OH is 6. The van der Waals surface area contributed by atoms with Gasteiger partial charge in [0.05, 0.1) is 36.5 Å². The molecule has 15 nitrogen and oxygen atoms in total. The van der Waals surface area contributed by atoms with E-state index >= 15 is 0 Å². The molecule has 0 aromatic heterocycles. The summed E-state index contributed by atoms with van der Waals surface area (Å²) < 4.78 is 117. The third-order valence-corrected chi connectivity index (χ3v) is 7.87. The Labute approximate surface area is 283 Å². The Morgan fingerprint density at radius 2 is 0.961 bits per heavy atom. The zero-order valence-electron chi connectivity index (χ0n) is 26.3. The van der Waals surface area contributed by atoms with Crippen LogP contribution in [0.25, 0.3) is 0 Å². The molecular formula is C30H32F6O15. The first-order chi connectivity index (χ1) is 23.8. The summed E-state index contributed by atoms with van der Waals surface area (Å²) in [5.41, 5.74) is -4.71. The Bertz CT molecular complexity index is 1430. The van der Waals surface area contributed by atoms with Crippen molar-refractivity contribution in [3.63, 3.8) is 0 Å². The van der Waals surface area contributed by atoms with Crippen molar-refractivity contribution in [1.29, 1.82) is 0 Å². The van der Waals surface area contributed by atoms with E-state index in [1.807, 2.05) is 0 Å². The van der Waals surface area contributed by atoms with E-state index < -0.39 is 121 Å². The Morgan fingerprint density at radius 1 is 0.608 bits per heavy atom. The summed E-state index contributed by atoms with van der Waals surface area (Å²) in [5, 5.41) is 62.5. The maximum absolute atomic E-state index is 13.6. The van der Waals surface area contributed by atoms with Gasteiger partial charge >= 0.3 is 24.3 Å². The number of benzene rings is 2. The molecule has 0 bridgehead atoms. The molecule has 4 rings (SSSR count). The molecule has 2 aromatic carbocycles. The minimum atomic E-state index is -5.01. The van der Waals surface area contributed by atoms with Crippen LogP contribution in [0, 0.1) is 0 Å². The van der Waals surface area contributed by atoms with Gasteiger partial charge in [0, 0.05) is 0 Å². The molecule has 0 saturated carbocycles. The van der Waals surface area contributed by atoms with Gasteiger partial charge in [-0.15, -0.1) is 0 Å². The number of alkyl halides is 6. The molecule has 0 spiro atoms. The lowest BCUT2D eigenvalue weighted by molar-refractivity contribution is -0.376. The van der Waals surface area contributed by atoms with E-state index in [-0.39, 0.29) is 11.5 Å². The number of carbonyl (C=O) groups is 2. The Balaban J connectivity index is 1.44. The molecule has 0 unspecified atom stereocenters. The molecule has 2 aromatic rings. The summed E-state index contributed by atoms with van der Waals surface area (Å²) in [6, 6.07) is 4.73. The summed E-state index contributed by atoms with van der Waals surface area (Å²) >= 11 is 0. The standard InChI is InChI=1S/C30H32F6O15/c1-45-11-3-5-13(15(7-11)29(31,32)33)25(43)47-9-17-19(37)21(39)23(41)27(49-17)51-28-24(42)22(40)20(38)18(50-28)10-48-26(44)14-6-4-12(46-2)8-16(14)30(34,35)36/h3-8,17-24,27-28,37-42H,9-10H2,1-2H3/t17-,18-,19-,20-,21+,22+,23-,24-,27-,28-/m1/s1. The lowest BCUT2D eigenvalue weighted by Crippen LogP contribution is -2.64. The third kappa shape index (κ3) is 8.99. The van der Waals surface area contributed by atoms with Gasteiger partial charge in [-0.1, -0.05) is 0 Å². The number of carbonyl (C=O) groups excluding carboxylic acids is 2. The van der Waals surface area contributed by atoms with Gasteiger partial charge in [0.2, 0.25) is 0 Å². The van der Waals surface area contributed by atoms with Crippen LogP contribution in [-0.2, 0) is 36.0 Å². The van der Waals surface area contributed by atoms with Crippen LogP contribution in [0.15, 0.2) is 36.4 Å². The van der Waals surface area contributed by atoms with E-state index in [0.29, 0.717) is 12.1 Å². The summed E-state index contributed by atoms with van der Waals surface area (Å²) in [7, 11) is 2.20. The molecule has 10 atom stereocenters. The van der Waals surface area contributed by atoms with Crippen LogP contribution >= 0.6 is 0 Å². The normalized spacial score (nSPS) is 30.0. The third-order valence-electron chi connectivity index (χ3n) is 7.87. The molecule has 0 aliphatic carbocycles. The van der Waals surface area contributed by atoms with Crippen molar-refractivity contribution in [2.45, 2.75) is 73.8 Å². The van der Waals surface area contributed by atoms with Crippen molar-refractivity contribution in [2.75, 3.05) is 27.4 Å². The quantitative estimate of drug-likeness (QED) is 0.143. The smallest absolute Gasteiger partial charge is 0.417 e. The first-order valence-electron chi connectivity index (χ1n) is 14.7. The minimum absolute atomic E-state index is 0.222. The largest absolute Gasteiger partial charge is 0.497 e. The second-order valence-corrected chi connectivity index (χ2v) is 11.2. The summed E-state index contributed by atoms with van der Waals surface area (Å²) in [6.45, 7) is -2.04. The van der Waals surface area contributed by atoms with Crippen LogP contribution in [0.5, 0.6) is 11.5 Å². The molecule has 0 amide bonds. The minimum Gasteiger partial charge on any atom is -0.497 e. The van der Waals surface area contributed by atoms with E-state index in [1.54, 1.807) is 0 Å². The second kappa shape index (κ2) is 15.8. The number of hydrogen-bond acceptors (Lipinski definition) is 15. The fourth-order valence-corrected chi connectivity index (χ4v) is 5.06. The van der Waals surface area contributed by atoms with E-state index in [1.165, 1.54) is 0 Å². The van der Waals surface area contributed by atoms with Gasteiger partial charge in [0.1, 0.15) is 73.5 Å². The zero-order valence-corrected chi connectivity index (χ0v) is 26.3. The molecule has 2 heterocycles. The van der Waals surface area contributed by atoms with Crippen LogP contribution in [0.2, 0.25) is 0 Å². The predicted molar refractivity (Wildman–Crippen MR) is 151 cm³/mol. The molecular weight excluding hydrogens is 714 g/mol. The number of methoxy groups -OCH3 is 2. The molecule has 51 heavy (non-hydrogen) atoms. The first-order valence-corrected chi connectivity index (χ1v) is 14.7. The SMILES string of the molecule is COc1ccc(C(=O)OC[C@H]2O[C@H](O[C@H]3O[C@H](COC(=O)c4ccc(OC)cc4C(F)(F)F)[C@@H](O)[C@H](O)[C@H]3O)[C@H](O)[C@@H](O)[C@@H]2O)c(C(F)(F)F)c1. The van der Waals surface area contributed by atoms with Gasteiger partial charge < -0.3 is 63.8 Å². The van der Waals surface area contributed by atoms with Gasteiger partial charge in [-0.3, -0.25) is 0 Å². The Hall–Kier alpha value is -3.80. The summed E-state index contributed by atoms with van der Waals surface area (Å²) in [5.74, 6) is -3.51. The Morgan fingerprint density at radius 3 is 1.27 bits per heavy atom. The molecule has 2 fully saturated rings. The van der Waals surface area contributed by atoms with Gasteiger partial charge in [-0.05, 0) is 36.4 Å². The van der Waals surface area contributed by atoms with Crippen LogP contribution < -0.4 is 9.47 Å². The lowest BCUT2D eigenvalue weighted by atomic mass is 9.98. The molecule has 2 saturated heterocycles. The topological polar surface area (TPSA) is 220 Å². The van der Waals surface area contributed by atoms with Crippen LogP contribution in [-0.4, -0.2) is 131 Å². The van der Waals surface area contributed by atoms with E-state index in [9.17, 15) is 66.6 Å². The number of aliphatic hydroxyl groups is 6. The number of halogens is 6. The van der Waals surface area contributed by atoms with Crippen molar-refractivity contribution < 1.29 is 99.7 Å². The zero-order chi connectivity index (χ0) is 38.0. The molecule has 284 valence electrons. The highest BCUT2D eigenvalue weighted by Gasteiger charge is 2.50.